The molecule has 1 aromatic carbocycles. The number of carboxylic acid groups (broad SMARTS) is 1. The lowest BCUT2D eigenvalue weighted by atomic mass is 9.87. The Labute approximate surface area is 197 Å². The van der Waals surface area contributed by atoms with Crippen LogP contribution in [0.1, 0.15) is 40.2 Å². The fraction of sp³-hybridized carbons (Fsp3) is 0.619. The summed E-state index contributed by atoms with van der Waals surface area (Å²) >= 11 is 0. The fourth-order valence-corrected chi connectivity index (χ4v) is 2.31. The van der Waals surface area contributed by atoms with Crippen molar-refractivity contribution < 1.29 is 55.6 Å². The number of aliphatic hydroxyl groups excluding tert-OH is 5. The average Bonchev–Trinajstić information content (AvgIpc) is 2.73. The number of anilines is 1. The molecule has 0 aliphatic carbocycles. The Morgan fingerprint density at radius 2 is 1.44 bits per heavy atom. The summed E-state index contributed by atoms with van der Waals surface area (Å²) in [5, 5.41) is 80.8. The molecule has 0 heterocycles. The van der Waals surface area contributed by atoms with Crippen molar-refractivity contribution >= 4 is 17.6 Å². The highest BCUT2D eigenvalue weighted by Crippen LogP contribution is 2.22. The van der Waals surface area contributed by atoms with E-state index in [1.807, 2.05) is 0 Å². The lowest BCUT2D eigenvalue weighted by Crippen LogP contribution is -2.46. The zero-order valence-electron chi connectivity index (χ0n) is 19.8. The third-order valence-electron chi connectivity index (χ3n) is 4.26. The number of hydrogen-bond donors (Lipinski definition) is 11. The largest absolute Gasteiger partial charge is 0.508 e. The number of nitrogens with one attached hydrogen (secondary N) is 2. The molecule has 0 radical (unpaired) electrons. The molecule has 11 N–H and O–H groups in total. The number of aliphatic carboxylic acids is 1. The molecule has 0 aromatic heterocycles. The highest BCUT2D eigenvalue weighted by Gasteiger charge is 2.36. The molecular formula is C21H38N2O11. The maximum absolute atomic E-state index is 11.4. The average molecular weight is 495 g/mol. The van der Waals surface area contributed by atoms with Crippen molar-refractivity contribution in [3.8, 4) is 5.75 Å². The number of rotatable bonds is 9. The highest BCUT2D eigenvalue weighted by atomic mass is 16.5. The van der Waals surface area contributed by atoms with Crippen LogP contribution in [0.4, 0.5) is 5.69 Å². The molecule has 0 spiro atoms. The molecule has 0 aliphatic rings. The van der Waals surface area contributed by atoms with E-state index in [1.165, 1.54) is 19.1 Å². The molecule has 0 saturated heterocycles. The summed E-state index contributed by atoms with van der Waals surface area (Å²) in [7, 11) is 0. The second kappa shape index (κ2) is 17.1. The molecule has 198 valence electrons. The molecule has 0 bridgehead atoms. The minimum Gasteiger partial charge on any atom is -0.508 e. The van der Waals surface area contributed by atoms with Gasteiger partial charge in [-0.15, -0.1) is 0 Å². The lowest BCUT2D eigenvalue weighted by Gasteiger charge is -2.27. The summed E-state index contributed by atoms with van der Waals surface area (Å²) in [5.41, 5.74) is 2.62. The summed E-state index contributed by atoms with van der Waals surface area (Å²) < 4.78 is 0. The predicted molar refractivity (Wildman–Crippen MR) is 120 cm³/mol. The Kier molecular flexibility index (Phi) is 17.0. The van der Waals surface area contributed by atoms with Gasteiger partial charge in [-0.05, 0) is 18.9 Å². The molecule has 1 amide bonds. The van der Waals surface area contributed by atoms with E-state index in [4.69, 9.17) is 35.8 Å². The molecule has 1 aromatic rings. The van der Waals surface area contributed by atoms with E-state index in [-0.39, 0.29) is 24.2 Å². The van der Waals surface area contributed by atoms with Crippen LogP contribution in [0.2, 0.25) is 0 Å². The molecule has 34 heavy (non-hydrogen) atoms. The first kappa shape index (κ1) is 33.8. The Hall–Kier alpha value is -2.36. The first-order chi connectivity index (χ1) is 15.6. The van der Waals surface area contributed by atoms with Gasteiger partial charge in [-0.25, -0.2) is 0 Å². The third kappa shape index (κ3) is 13.4. The van der Waals surface area contributed by atoms with Crippen molar-refractivity contribution in [2.24, 2.45) is 17.8 Å². The minimum atomic E-state index is -2.15. The molecule has 13 nitrogen and oxygen atoms in total. The van der Waals surface area contributed by atoms with Gasteiger partial charge in [-0.1, -0.05) is 33.8 Å². The predicted octanol–water partition coefficient (Wildman–Crippen LogP) is -0.842. The molecule has 1 rings (SSSR count). The Balaban J connectivity index is 0. The van der Waals surface area contributed by atoms with E-state index in [0.29, 0.717) is 11.3 Å². The van der Waals surface area contributed by atoms with Crippen molar-refractivity contribution in [3.05, 3.63) is 23.8 Å². The molecule has 0 saturated carbocycles. The minimum absolute atomic E-state index is 0.0613. The summed E-state index contributed by atoms with van der Waals surface area (Å²) in [6.45, 7) is 7.90. The van der Waals surface area contributed by atoms with E-state index in [1.54, 1.807) is 39.2 Å². The molecule has 3 unspecified atom stereocenters. The summed E-state index contributed by atoms with van der Waals surface area (Å²) in [5.74, 6) is -3.16. The van der Waals surface area contributed by atoms with Crippen LogP contribution < -0.4 is 10.8 Å². The molecular weight excluding hydrogens is 456 g/mol. The SMILES string of the molecule is CC(C)C(=O)Nc1cc(O)ccc1CO.CC(C)C(C(=O)O)C(O)C(O)C(O)O.C[C@@H](O)NO. The Morgan fingerprint density at radius 1 is 0.941 bits per heavy atom. The van der Waals surface area contributed by atoms with E-state index in [2.05, 4.69) is 5.32 Å². The van der Waals surface area contributed by atoms with Crippen molar-refractivity contribution in [3.63, 3.8) is 0 Å². The van der Waals surface area contributed by atoms with Crippen LogP contribution in [0.15, 0.2) is 18.2 Å². The second-order valence-electron chi connectivity index (χ2n) is 7.95. The number of amides is 1. The van der Waals surface area contributed by atoms with Gasteiger partial charge in [0, 0.05) is 23.2 Å². The van der Waals surface area contributed by atoms with Gasteiger partial charge in [0.15, 0.2) is 6.29 Å². The van der Waals surface area contributed by atoms with Crippen LogP contribution in [0.5, 0.6) is 5.75 Å². The zero-order valence-corrected chi connectivity index (χ0v) is 19.8. The monoisotopic (exact) mass is 494 g/mol. The summed E-state index contributed by atoms with van der Waals surface area (Å²) in [4.78, 5) is 22.1. The van der Waals surface area contributed by atoms with Gasteiger partial charge < -0.3 is 51.4 Å². The maximum atomic E-state index is 11.4. The number of carbonyl (C=O) groups is 2. The number of phenolic OH excluding ortho intramolecular Hbond substituents is 1. The van der Waals surface area contributed by atoms with Gasteiger partial charge in [-0.3, -0.25) is 9.59 Å². The van der Waals surface area contributed by atoms with E-state index >= 15 is 0 Å². The summed E-state index contributed by atoms with van der Waals surface area (Å²) in [6.07, 6.45) is -6.54. The van der Waals surface area contributed by atoms with Crippen LogP contribution >= 0.6 is 0 Å². The number of carboxylic acids is 1. The first-order valence-corrected chi connectivity index (χ1v) is 10.4. The fourth-order valence-electron chi connectivity index (χ4n) is 2.31. The lowest BCUT2D eigenvalue weighted by molar-refractivity contribution is -0.180. The maximum Gasteiger partial charge on any atom is 0.309 e. The smallest absolute Gasteiger partial charge is 0.309 e. The van der Waals surface area contributed by atoms with E-state index < -0.39 is 42.5 Å². The molecule has 4 atom stereocenters. The standard InChI is InChI=1S/C11H15NO3.C8H16O6.C2H7NO2/c1-7(2)11(15)12-10-5-9(14)4-3-8(10)6-13;1-3(2)4(7(11)12)5(9)6(10)8(13)14;1-2(4)3-5/h3-5,7,13-14H,6H2,1-2H3,(H,12,15);3-6,8-10,13-14H,1-2H3,(H,11,12);2-5H,1H3/t;;2-/m..1/s1. The third-order valence-corrected chi connectivity index (χ3v) is 4.26. The topological polar surface area (TPSA) is 240 Å². The van der Waals surface area contributed by atoms with E-state index in [0.717, 1.165) is 0 Å². The van der Waals surface area contributed by atoms with Crippen molar-refractivity contribution in [1.29, 1.82) is 0 Å². The number of hydroxylamine groups is 1. The van der Waals surface area contributed by atoms with Gasteiger partial charge >= 0.3 is 5.97 Å². The van der Waals surface area contributed by atoms with Gasteiger partial charge in [0.25, 0.3) is 0 Å². The van der Waals surface area contributed by atoms with Crippen molar-refractivity contribution in [1.82, 2.24) is 5.48 Å². The highest BCUT2D eigenvalue weighted by molar-refractivity contribution is 5.93. The van der Waals surface area contributed by atoms with Crippen LogP contribution in [0.3, 0.4) is 0 Å². The second-order valence-corrected chi connectivity index (χ2v) is 7.95. The molecule has 0 aliphatic heterocycles. The van der Waals surface area contributed by atoms with Gasteiger partial charge in [-0.2, -0.15) is 5.48 Å². The normalized spacial score (nSPS) is 14.3. The quantitative estimate of drug-likeness (QED) is 0.149. The molecule has 0 fully saturated rings. The van der Waals surface area contributed by atoms with Crippen LogP contribution in [0, 0.1) is 17.8 Å². The number of hydrogen-bond acceptors (Lipinski definition) is 11. The molecule has 13 heteroatoms. The van der Waals surface area contributed by atoms with Crippen LogP contribution in [-0.4, -0.2) is 82.7 Å². The number of aromatic hydroxyl groups is 1. The number of phenols is 1. The van der Waals surface area contributed by atoms with Gasteiger partial charge in [0.1, 0.15) is 18.1 Å². The van der Waals surface area contributed by atoms with Crippen LogP contribution in [0.25, 0.3) is 0 Å². The van der Waals surface area contributed by atoms with Gasteiger partial charge in [0.05, 0.1) is 18.6 Å². The van der Waals surface area contributed by atoms with Crippen LogP contribution in [-0.2, 0) is 16.2 Å². The first-order valence-electron chi connectivity index (χ1n) is 10.4. The number of aliphatic hydroxyl groups is 6. The van der Waals surface area contributed by atoms with E-state index in [9.17, 15) is 19.8 Å². The van der Waals surface area contributed by atoms with Crippen molar-refractivity contribution in [2.45, 2.75) is 66.0 Å². The summed E-state index contributed by atoms with van der Waals surface area (Å²) in [6, 6.07) is 4.47. The number of benzene rings is 1. The Morgan fingerprint density at radius 3 is 1.76 bits per heavy atom. The number of carbonyl (C=O) groups excluding carboxylic acids is 1. The van der Waals surface area contributed by atoms with Gasteiger partial charge in [0.2, 0.25) is 5.91 Å². The van der Waals surface area contributed by atoms with Crippen molar-refractivity contribution in [2.75, 3.05) is 5.32 Å². The Bertz CT molecular complexity index is 727. The zero-order chi connectivity index (χ0) is 27.2.